The van der Waals surface area contributed by atoms with Crippen LogP contribution in [0.3, 0.4) is 0 Å². The fourth-order valence-electron chi connectivity index (χ4n) is 2.01. The van der Waals surface area contributed by atoms with Crippen molar-refractivity contribution >= 4 is 0 Å². The Labute approximate surface area is 110 Å². The van der Waals surface area contributed by atoms with Gasteiger partial charge in [0.2, 0.25) is 0 Å². The van der Waals surface area contributed by atoms with Crippen molar-refractivity contribution in [1.82, 2.24) is 4.98 Å². The molecule has 0 unspecified atom stereocenters. The Morgan fingerprint density at radius 3 is 1.26 bits per heavy atom. The van der Waals surface area contributed by atoms with Gasteiger partial charge in [-0.1, -0.05) is 0 Å². The molecule has 3 heteroatoms. The number of benzene rings is 2. The highest BCUT2D eigenvalue weighted by Gasteiger charge is 2.04. The number of aromatic nitrogens is 1. The molecule has 3 aromatic rings. The largest absolute Gasteiger partial charge is 0.508 e. The number of aromatic amines is 1. The molecule has 19 heavy (non-hydrogen) atoms. The van der Waals surface area contributed by atoms with Gasteiger partial charge < -0.3 is 15.2 Å². The van der Waals surface area contributed by atoms with Crippen molar-refractivity contribution in [2.24, 2.45) is 0 Å². The molecule has 0 aliphatic rings. The average Bonchev–Trinajstić information content (AvgIpc) is 2.90. The van der Waals surface area contributed by atoms with Gasteiger partial charge in [-0.15, -0.1) is 0 Å². The van der Waals surface area contributed by atoms with Gasteiger partial charge in [-0.25, -0.2) is 0 Å². The van der Waals surface area contributed by atoms with E-state index in [4.69, 9.17) is 0 Å². The maximum Gasteiger partial charge on any atom is 0.115 e. The minimum Gasteiger partial charge on any atom is -0.508 e. The lowest BCUT2D eigenvalue weighted by Gasteiger charge is -2.00. The van der Waals surface area contributed by atoms with Crippen molar-refractivity contribution in [3.63, 3.8) is 0 Å². The van der Waals surface area contributed by atoms with Crippen LogP contribution >= 0.6 is 0 Å². The van der Waals surface area contributed by atoms with Crippen molar-refractivity contribution in [3.05, 3.63) is 60.7 Å². The first-order valence-corrected chi connectivity index (χ1v) is 6.00. The molecule has 0 saturated carbocycles. The van der Waals surface area contributed by atoms with E-state index in [0.29, 0.717) is 0 Å². The van der Waals surface area contributed by atoms with E-state index in [1.54, 1.807) is 24.3 Å². The summed E-state index contributed by atoms with van der Waals surface area (Å²) in [6.45, 7) is 0. The molecular weight excluding hydrogens is 238 g/mol. The van der Waals surface area contributed by atoms with Gasteiger partial charge in [0.05, 0.1) is 0 Å². The van der Waals surface area contributed by atoms with Gasteiger partial charge in [-0.3, -0.25) is 0 Å². The first kappa shape index (κ1) is 11.4. The molecule has 0 bridgehead atoms. The van der Waals surface area contributed by atoms with Crippen LogP contribution in [-0.4, -0.2) is 15.2 Å². The molecule has 3 rings (SSSR count). The SMILES string of the molecule is Oc1ccc(-c2ccc(-c3ccc(O)cc3)[nH]2)cc1. The van der Waals surface area contributed by atoms with Gasteiger partial charge in [-0.05, 0) is 71.8 Å². The fraction of sp³-hybridized carbons (Fsp3) is 0. The molecular formula is C16H13NO2. The third-order valence-electron chi connectivity index (χ3n) is 3.04. The molecule has 0 fully saturated rings. The van der Waals surface area contributed by atoms with Gasteiger partial charge >= 0.3 is 0 Å². The lowest BCUT2D eigenvalue weighted by molar-refractivity contribution is 0.475. The zero-order valence-electron chi connectivity index (χ0n) is 10.2. The van der Waals surface area contributed by atoms with Gasteiger partial charge in [-0.2, -0.15) is 0 Å². The van der Waals surface area contributed by atoms with E-state index >= 15 is 0 Å². The topological polar surface area (TPSA) is 56.2 Å². The van der Waals surface area contributed by atoms with E-state index in [0.717, 1.165) is 22.5 Å². The van der Waals surface area contributed by atoms with Gasteiger partial charge in [0.15, 0.2) is 0 Å². The Kier molecular flexibility index (Phi) is 2.72. The summed E-state index contributed by atoms with van der Waals surface area (Å²) in [5.41, 5.74) is 4.01. The lowest BCUT2D eigenvalue weighted by Crippen LogP contribution is -1.79. The van der Waals surface area contributed by atoms with Crippen molar-refractivity contribution in [3.8, 4) is 34.0 Å². The highest BCUT2D eigenvalue weighted by atomic mass is 16.3. The van der Waals surface area contributed by atoms with Crippen LogP contribution < -0.4 is 0 Å². The van der Waals surface area contributed by atoms with Crippen molar-refractivity contribution < 1.29 is 10.2 Å². The molecule has 0 amide bonds. The van der Waals surface area contributed by atoms with Crippen LogP contribution in [0.15, 0.2) is 60.7 Å². The van der Waals surface area contributed by atoms with Crippen LogP contribution in [0.25, 0.3) is 22.5 Å². The smallest absolute Gasteiger partial charge is 0.115 e. The minimum atomic E-state index is 0.258. The van der Waals surface area contributed by atoms with Gasteiger partial charge in [0.25, 0.3) is 0 Å². The van der Waals surface area contributed by atoms with Gasteiger partial charge in [0, 0.05) is 11.4 Å². The molecule has 0 saturated heterocycles. The van der Waals surface area contributed by atoms with Crippen LogP contribution in [0, 0.1) is 0 Å². The number of phenolic OH excluding ortho intramolecular Hbond substituents is 2. The number of hydrogen-bond acceptors (Lipinski definition) is 2. The lowest BCUT2D eigenvalue weighted by atomic mass is 10.1. The van der Waals surface area contributed by atoms with Crippen LogP contribution in [-0.2, 0) is 0 Å². The Balaban J connectivity index is 1.95. The average molecular weight is 251 g/mol. The molecule has 0 aliphatic heterocycles. The van der Waals surface area contributed by atoms with Crippen LogP contribution in [0.1, 0.15) is 0 Å². The normalized spacial score (nSPS) is 10.5. The Morgan fingerprint density at radius 2 is 0.895 bits per heavy atom. The van der Waals surface area contributed by atoms with Crippen LogP contribution in [0.2, 0.25) is 0 Å². The Morgan fingerprint density at radius 1 is 0.526 bits per heavy atom. The first-order valence-electron chi connectivity index (χ1n) is 6.00. The number of aromatic hydroxyl groups is 2. The second kappa shape index (κ2) is 4.53. The molecule has 2 aromatic carbocycles. The maximum absolute atomic E-state index is 9.28. The highest BCUT2D eigenvalue weighted by Crippen LogP contribution is 2.26. The molecule has 0 atom stereocenters. The molecule has 94 valence electrons. The zero-order chi connectivity index (χ0) is 13.2. The van der Waals surface area contributed by atoms with Gasteiger partial charge in [0.1, 0.15) is 11.5 Å². The summed E-state index contributed by atoms with van der Waals surface area (Å²) in [5.74, 6) is 0.517. The zero-order valence-corrected chi connectivity index (χ0v) is 10.2. The van der Waals surface area contributed by atoms with E-state index in [9.17, 15) is 10.2 Å². The van der Waals surface area contributed by atoms with Crippen molar-refractivity contribution in [2.75, 3.05) is 0 Å². The van der Waals surface area contributed by atoms with E-state index in [1.807, 2.05) is 36.4 Å². The number of nitrogens with one attached hydrogen (secondary N) is 1. The molecule has 0 spiro atoms. The maximum atomic E-state index is 9.28. The summed E-state index contributed by atoms with van der Waals surface area (Å²) in [6, 6.07) is 18.1. The van der Waals surface area contributed by atoms with E-state index in [2.05, 4.69) is 4.98 Å². The second-order valence-corrected chi connectivity index (χ2v) is 4.38. The van der Waals surface area contributed by atoms with E-state index in [1.165, 1.54) is 0 Å². The predicted molar refractivity (Wildman–Crippen MR) is 75.0 cm³/mol. The summed E-state index contributed by atoms with van der Waals surface area (Å²) in [7, 11) is 0. The van der Waals surface area contributed by atoms with Crippen molar-refractivity contribution in [1.29, 1.82) is 0 Å². The fourth-order valence-corrected chi connectivity index (χ4v) is 2.01. The summed E-state index contributed by atoms with van der Waals surface area (Å²) in [6.07, 6.45) is 0. The standard InChI is InChI=1S/C16H13NO2/c18-13-5-1-11(2-6-13)15-9-10-16(17-15)12-3-7-14(19)8-4-12/h1-10,17-19H. The van der Waals surface area contributed by atoms with Crippen molar-refractivity contribution in [2.45, 2.75) is 0 Å². The number of H-pyrrole nitrogens is 1. The number of rotatable bonds is 2. The first-order chi connectivity index (χ1) is 9.22. The second-order valence-electron chi connectivity index (χ2n) is 4.38. The van der Waals surface area contributed by atoms with E-state index in [-0.39, 0.29) is 11.5 Å². The van der Waals surface area contributed by atoms with E-state index < -0.39 is 0 Å². The summed E-state index contributed by atoms with van der Waals surface area (Å²) < 4.78 is 0. The summed E-state index contributed by atoms with van der Waals surface area (Å²) >= 11 is 0. The third-order valence-corrected chi connectivity index (χ3v) is 3.04. The molecule has 3 nitrogen and oxygen atoms in total. The summed E-state index contributed by atoms with van der Waals surface area (Å²) in [5, 5.41) is 18.6. The third kappa shape index (κ3) is 2.31. The predicted octanol–water partition coefficient (Wildman–Crippen LogP) is 3.76. The summed E-state index contributed by atoms with van der Waals surface area (Å²) in [4.78, 5) is 3.32. The highest BCUT2D eigenvalue weighted by molar-refractivity contribution is 5.68. The Hall–Kier alpha value is -2.68. The number of hydrogen-bond donors (Lipinski definition) is 3. The molecule has 0 aliphatic carbocycles. The number of phenols is 2. The molecule has 1 heterocycles. The van der Waals surface area contributed by atoms with Crippen LogP contribution in [0.5, 0.6) is 11.5 Å². The van der Waals surface area contributed by atoms with Crippen LogP contribution in [0.4, 0.5) is 0 Å². The quantitative estimate of drug-likeness (QED) is 0.649. The monoisotopic (exact) mass is 251 g/mol. The molecule has 3 N–H and O–H groups in total. The Bertz CT molecular complexity index is 622. The minimum absolute atomic E-state index is 0.258. The molecule has 0 radical (unpaired) electrons. The molecule has 1 aromatic heterocycles.